The first-order valence-electron chi connectivity index (χ1n) is 8.64. The summed E-state index contributed by atoms with van der Waals surface area (Å²) in [7, 11) is 2.02. The van der Waals surface area contributed by atoms with Crippen LogP contribution >= 0.6 is 11.8 Å². The predicted octanol–water partition coefficient (Wildman–Crippen LogP) is 4.39. The van der Waals surface area contributed by atoms with E-state index in [4.69, 9.17) is 4.42 Å². The number of furan rings is 1. The average Bonchev–Trinajstić information content (AvgIpc) is 3.33. The van der Waals surface area contributed by atoms with Gasteiger partial charge in [0, 0.05) is 18.4 Å². The minimum Gasteiger partial charge on any atom is -0.467 e. The van der Waals surface area contributed by atoms with Gasteiger partial charge in [-0.1, -0.05) is 36.0 Å². The highest BCUT2D eigenvalue weighted by Gasteiger charge is 2.10. The molecule has 0 aliphatic carbocycles. The van der Waals surface area contributed by atoms with Crippen molar-refractivity contribution < 1.29 is 9.21 Å². The second-order valence-electron chi connectivity index (χ2n) is 6.19. The van der Waals surface area contributed by atoms with Gasteiger partial charge in [-0.05, 0) is 42.0 Å². The molecule has 0 unspecified atom stereocenters. The van der Waals surface area contributed by atoms with E-state index in [2.05, 4.69) is 20.9 Å². The van der Waals surface area contributed by atoms with E-state index in [0.29, 0.717) is 12.1 Å². The molecule has 0 saturated heterocycles. The van der Waals surface area contributed by atoms with Crippen molar-refractivity contribution >= 4 is 28.7 Å². The number of amides is 1. The van der Waals surface area contributed by atoms with Crippen LogP contribution in [0, 0.1) is 0 Å². The fraction of sp³-hybridized carbons (Fsp3) is 0.143. The summed E-state index contributed by atoms with van der Waals surface area (Å²) in [5, 5.41) is 3.84. The Morgan fingerprint density at radius 3 is 2.85 bits per heavy atom. The number of aryl methyl sites for hydroxylation is 1. The Balaban J connectivity index is 1.42. The molecule has 4 rings (SSSR count). The van der Waals surface area contributed by atoms with Gasteiger partial charge >= 0.3 is 0 Å². The molecule has 2 aromatic heterocycles. The molecule has 2 aromatic carbocycles. The molecule has 136 valence electrons. The lowest BCUT2D eigenvalue weighted by Gasteiger charge is -2.06. The zero-order valence-electron chi connectivity index (χ0n) is 14.9. The van der Waals surface area contributed by atoms with Crippen LogP contribution in [0.4, 0.5) is 0 Å². The molecule has 4 aromatic rings. The summed E-state index contributed by atoms with van der Waals surface area (Å²) in [6, 6.07) is 19.4. The number of nitrogens with zero attached hydrogens (tertiary/aromatic N) is 2. The summed E-state index contributed by atoms with van der Waals surface area (Å²) in [4.78, 5) is 17.0. The first kappa shape index (κ1) is 17.4. The lowest BCUT2D eigenvalue weighted by Crippen LogP contribution is -2.22. The maximum atomic E-state index is 12.4. The number of aromatic nitrogens is 2. The topological polar surface area (TPSA) is 60.1 Å². The minimum absolute atomic E-state index is 0.110. The fourth-order valence-electron chi connectivity index (χ4n) is 2.89. The zero-order chi connectivity index (χ0) is 18.6. The monoisotopic (exact) mass is 377 g/mol. The van der Waals surface area contributed by atoms with Crippen molar-refractivity contribution in [1.82, 2.24) is 14.9 Å². The molecule has 0 saturated carbocycles. The van der Waals surface area contributed by atoms with Crippen molar-refractivity contribution in [1.29, 1.82) is 0 Å². The first-order chi connectivity index (χ1) is 13.2. The van der Waals surface area contributed by atoms with Gasteiger partial charge in [0.1, 0.15) is 5.76 Å². The summed E-state index contributed by atoms with van der Waals surface area (Å²) in [6.07, 6.45) is 1.60. The van der Waals surface area contributed by atoms with Crippen LogP contribution in [-0.4, -0.2) is 15.5 Å². The molecule has 27 heavy (non-hydrogen) atoms. The third-order valence-electron chi connectivity index (χ3n) is 4.31. The molecule has 6 heteroatoms. The number of carbonyl (C=O) groups excluding carboxylic acids is 1. The van der Waals surface area contributed by atoms with Gasteiger partial charge in [-0.2, -0.15) is 0 Å². The van der Waals surface area contributed by atoms with Crippen LogP contribution in [0.15, 0.2) is 76.5 Å². The quantitative estimate of drug-likeness (QED) is 0.506. The third kappa shape index (κ3) is 3.90. The van der Waals surface area contributed by atoms with Gasteiger partial charge in [0.05, 0.1) is 23.8 Å². The Labute approximate surface area is 161 Å². The number of hydrogen-bond acceptors (Lipinski definition) is 4. The largest absolute Gasteiger partial charge is 0.467 e. The van der Waals surface area contributed by atoms with E-state index in [1.165, 1.54) is 0 Å². The maximum Gasteiger partial charge on any atom is 0.251 e. The highest BCUT2D eigenvalue weighted by atomic mass is 32.2. The van der Waals surface area contributed by atoms with Gasteiger partial charge in [0.2, 0.25) is 0 Å². The van der Waals surface area contributed by atoms with Crippen molar-refractivity contribution in [3.8, 4) is 0 Å². The summed E-state index contributed by atoms with van der Waals surface area (Å²) in [5.41, 5.74) is 3.84. The molecular formula is C21H19N3O2S. The number of imidazole rings is 1. The molecule has 1 amide bonds. The second-order valence-corrected chi connectivity index (χ2v) is 7.14. The normalized spacial score (nSPS) is 11.0. The number of nitrogens with one attached hydrogen (secondary N) is 1. The van der Waals surface area contributed by atoms with E-state index in [1.807, 2.05) is 55.6 Å². The number of rotatable bonds is 6. The Hall–Kier alpha value is -2.99. The first-order valence-corrected chi connectivity index (χ1v) is 9.63. The van der Waals surface area contributed by atoms with E-state index in [0.717, 1.165) is 33.3 Å². The highest BCUT2D eigenvalue weighted by Crippen LogP contribution is 2.25. The standard InChI is InChI=1S/C21H19N3O2S/c1-24-19-10-3-2-9-18(19)23-21(24)27-14-15-6-4-7-16(12-15)20(25)22-13-17-8-5-11-26-17/h2-12H,13-14H2,1H3,(H,22,25). The van der Waals surface area contributed by atoms with E-state index < -0.39 is 0 Å². The molecule has 5 nitrogen and oxygen atoms in total. The molecule has 0 spiro atoms. The van der Waals surface area contributed by atoms with Gasteiger partial charge < -0.3 is 14.3 Å². The van der Waals surface area contributed by atoms with Crippen LogP contribution in [0.1, 0.15) is 21.7 Å². The number of para-hydroxylation sites is 2. The van der Waals surface area contributed by atoms with Crippen LogP contribution in [0.3, 0.4) is 0 Å². The molecule has 2 heterocycles. The molecule has 1 N–H and O–H groups in total. The third-order valence-corrected chi connectivity index (χ3v) is 5.41. The molecule has 0 atom stereocenters. The maximum absolute atomic E-state index is 12.4. The van der Waals surface area contributed by atoms with Crippen LogP contribution in [-0.2, 0) is 19.3 Å². The van der Waals surface area contributed by atoms with Crippen molar-refractivity contribution in [3.63, 3.8) is 0 Å². The minimum atomic E-state index is -0.110. The van der Waals surface area contributed by atoms with Gasteiger partial charge in [0.15, 0.2) is 5.16 Å². The molecule has 0 bridgehead atoms. The van der Waals surface area contributed by atoms with Gasteiger partial charge in [0.25, 0.3) is 5.91 Å². The molecule has 0 radical (unpaired) electrons. The van der Waals surface area contributed by atoms with Gasteiger partial charge in [-0.15, -0.1) is 0 Å². The van der Waals surface area contributed by atoms with Crippen molar-refractivity contribution in [3.05, 3.63) is 83.8 Å². The number of carbonyl (C=O) groups is 1. The summed E-state index contributed by atoms with van der Waals surface area (Å²) in [5.74, 6) is 1.37. The Bertz CT molecular complexity index is 1070. The van der Waals surface area contributed by atoms with E-state index in [1.54, 1.807) is 24.1 Å². The lowest BCUT2D eigenvalue weighted by molar-refractivity contribution is 0.0948. The van der Waals surface area contributed by atoms with E-state index in [9.17, 15) is 4.79 Å². The number of thioether (sulfide) groups is 1. The zero-order valence-corrected chi connectivity index (χ0v) is 15.7. The van der Waals surface area contributed by atoms with Gasteiger partial charge in [-0.25, -0.2) is 4.98 Å². The van der Waals surface area contributed by atoms with Crippen LogP contribution in [0.2, 0.25) is 0 Å². The molecule has 0 fully saturated rings. The lowest BCUT2D eigenvalue weighted by atomic mass is 10.1. The van der Waals surface area contributed by atoms with Crippen molar-refractivity contribution in [2.45, 2.75) is 17.5 Å². The molecule has 0 aliphatic rings. The molecule has 0 aliphatic heterocycles. The Morgan fingerprint density at radius 2 is 2.04 bits per heavy atom. The Kier molecular flexibility index (Phi) is 4.98. The second kappa shape index (κ2) is 7.72. The fourth-order valence-corrected chi connectivity index (χ4v) is 3.82. The Morgan fingerprint density at radius 1 is 1.15 bits per heavy atom. The van der Waals surface area contributed by atoms with Crippen LogP contribution in [0.5, 0.6) is 0 Å². The van der Waals surface area contributed by atoms with E-state index >= 15 is 0 Å². The number of hydrogen-bond donors (Lipinski definition) is 1. The highest BCUT2D eigenvalue weighted by molar-refractivity contribution is 7.98. The number of benzene rings is 2. The summed E-state index contributed by atoms with van der Waals surface area (Å²) < 4.78 is 7.34. The number of fused-ring (bicyclic) bond motifs is 1. The smallest absolute Gasteiger partial charge is 0.251 e. The van der Waals surface area contributed by atoms with Crippen molar-refractivity contribution in [2.24, 2.45) is 7.05 Å². The summed E-state index contributed by atoms with van der Waals surface area (Å²) >= 11 is 1.66. The SMILES string of the molecule is Cn1c(SCc2cccc(C(=O)NCc3ccco3)c2)nc2ccccc21. The van der Waals surface area contributed by atoms with Crippen molar-refractivity contribution in [2.75, 3.05) is 0 Å². The molecular weight excluding hydrogens is 358 g/mol. The van der Waals surface area contributed by atoms with Gasteiger partial charge in [-0.3, -0.25) is 4.79 Å². The average molecular weight is 377 g/mol. The predicted molar refractivity (Wildman–Crippen MR) is 107 cm³/mol. The van der Waals surface area contributed by atoms with Crippen LogP contribution < -0.4 is 5.32 Å². The van der Waals surface area contributed by atoms with E-state index in [-0.39, 0.29) is 5.91 Å². The van der Waals surface area contributed by atoms with Crippen LogP contribution in [0.25, 0.3) is 11.0 Å². The summed E-state index contributed by atoms with van der Waals surface area (Å²) in [6.45, 7) is 0.380.